The van der Waals surface area contributed by atoms with E-state index in [4.69, 9.17) is 10.6 Å². The van der Waals surface area contributed by atoms with Gasteiger partial charge < -0.3 is 4.74 Å². The van der Waals surface area contributed by atoms with E-state index in [0.29, 0.717) is 6.04 Å². The third kappa shape index (κ3) is 3.35. The second-order valence-electron chi connectivity index (χ2n) is 6.55. The highest BCUT2D eigenvalue weighted by atomic mass is 16.5. The van der Waals surface area contributed by atoms with Crippen molar-refractivity contribution >= 4 is 0 Å². The van der Waals surface area contributed by atoms with Gasteiger partial charge in [0.2, 0.25) is 0 Å². The lowest BCUT2D eigenvalue weighted by Gasteiger charge is -2.48. The van der Waals surface area contributed by atoms with Crippen LogP contribution in [0.15, 0.2) is 0 Å². The first-order chi connectivity index (χ1) is 9.76. The molecule has 0 spiro atoms. The molecule has 0 radical (unpaired) electrons. The predicted octanol–water partition coefficient (Wildman–Crippen LogP) is 2.29. The van der Waals surface area contributed by atoms with Crippen molar-refractivity contribution in [1.82, 2.24) is 10.3 Å². The maximum atomic E-state index is 5.99. The molecule has 0 aromatic carbocycles. The number of nitrogens with one attached hydrogen (secondary N) is 1. The van der Waals surface area contributed by atoms with Crippen LogP contribution in [-0.2, 0) is 4.74 Å². The van der Waals surface area contributed by atoms with Crippen LogP contribution >= 0.6 is 0 Å². The van der Waals surface area contributed by atoms with Gasteiger partial charge in [0.05, 0.1) is 13.2 Å². The molecular weight excluding hydrogens is 250 g/mol. The Kier molecular flexibility index (Phi) is 6.27. The van der Waals surface area contributed by atoms with Gasteiger partial charge in [0.1, 0.15) is 0 Å². The second-order valence-corrected chi connectivity index (χ2v) is 6.55. The predicted molar refractivity (Wildman–Crippen MR) is 83.4 cm³/mol. The fraction of sp³-hybridized carbons (Fsp3) is 1.00. The van der Waals surface area contributed by atoms with E-state index in [2.05, 4.69) is 24.2 Å². The monoisotopic (exact) mass is 283 g/mol. The molecule has 1 heterocycles. The largest absolute Gasteiger partial charge is 0.379 e. The lowest BCUT2D eigenvalue weighted by atomic mass is 9.80. The molecule has 20 heavy (non-hydrogen) atoms. The Morgan fingerprint density at radius 2 is 1.75 bits per heavy atom. The zero-order chi connectivity index (χ0) is 14.4. The number of nitrogens with zero attached hydrogens (tertiary/aromatic N) is 1. The van der Waals surface area contributed by atoms with Crippen LogP contribution in [0.1, 0.15) is 58.8 Å². The number of nitrogens with two attached hydrogens (primary N) is 1. The first kappa shape index (κ1) is 16.2. The first-order valence-corrected chi connectivity index (χ1v) is 8.55. The second kappa shape index (κ2) is 7.74. The van der Waals surface area contributed by atoms with Gasteiger partial charge in [-0.3, -0.25) is 16.2 Å². The first-order valence-electron chi connectivity index (χ1n) is 8.55. The van der Waals surface area contributed by atoms with Gasteiger partial charge in [-0.2, -0.15) is 0 Å². The van der Waals surface area contributed by atoms with Gasteiger partial charge >= 0.3 is 0 Å². The van der Waals surface area contributed by atoms with Crippen molar-refractivity contribution in [3.63, 3.8) is 0 Å². The summed E-state index contributed by atoms with van der Waals surface area (Å²) in [5, 5.41) is 0. The Morgan fingerprint density at radius 1 is 1.15 bits per heavy atom. The van der Waals surface area contributed by atoms with E-state index in [1.54, 1.807) is 0 Å². The maximum absolute atomic E-state index is 5.99. The third-order valence-corrected chi connectivity index (χ3v) is 5.68. The minimum absolute atomic E-state index is 0.279. The number of hydrazine groups is 1. The van der Waals surface area contributed by atoms with Crippen LogP contribution in [0.3, 0.4) is 0 Å². The molecule has 0 aromatic rings. The van der Waals surface area contributed by atoms with Gasteiger partial charge in [0.15, 0.2) is 0 Å². The fourth-order valence-electron chi connectivity index (χ4n) is 4.28. The number of morpholine rings is 1. The lowest BCUT2D eigenvalue weighted by molar-refractivity contribution is -0.0392. The van der Waals surface area contributed by atoms with Gasteiger partial charge in [-0.25, -0.2) is 0 Å². The van der Waals surface area contributed by atoms with Gasteiger partial charge in [-0.15, -0.1) is 0 Å². The zero-order valence-corrected chi connectivity index (χ0v) is 13.4. The van der Waals surface area contributed by atoms with E-state index in [-0.39, 0.29) is 5.54 Å². The van der Waals surface area contributed by atoms with E-state index >= 15 is 0 Å². The van der Waals surface area contributed by atoms with Crippen LogP contribution in [0.2, 0.25) is 0 Å². The van der Waals surface area contributed by atoms with Crippen molar-refractivity contribution in [3.05, 3.63) is 0 Å². The smallest absolute Gasteiger partial charge is 0.0594 e. The molecule has 2 aliphatic rings. The van der Waals surface area contributed by atoms with Crippen molar-refractivity contribution in [3.8, 4) is 0 Å². The molecular formula is C16H33N3O. The summed E-state index contributed by atoms with van der Waals surface area (Å²) in [7, 11) is 0. The van der Waals surface area contributed by atoms with Crippen LogP contribution < -0.4 is 11.3 Å². The van der Waals surface area contributed by atoms with Gasteiger partial charge in [-0.1, -0.05) is 39.5 Å². The molecule has 1 atom stereocenters. The molecule has 1 aliphatic carbocycles. The fourth-order valence-corrected chi connectivity index (χ4v) is 4.28. The molecule has 2 fully saturated rings. The minimum Gasteiger partial charge on any atom is -0.379 e. The topological polar surface area (TPSA) is 50.5 Å². The van der Waals surface area contributed by atoms with Crippen LogP contribution in [0, 0.1) is 5.92 Å². The molecule has 0 bridgehead atoms. The summed E-state index contributed by atoms with van der Waals surface area (Å²) in [4.78, 5) is 2.68. The Labute approximate surface area is 124 Å². The van der Waals surface area contributed by atoms with Crippen molar-refractivity contribution in [2.45, 2.75) is 70.4 Å². The molecule has 1 aliphatic heterocycles. The van der Waals surface area contributed by atoms with Crippen LogP contribution in [0.25, 0.3) is 0 Å². The SMILES string of the molecule is CCC(CC)CC(NN)C1(N2CCOCC2)CCCC1. The standard InChI is InChI=1S/C16H33N3O/c1-3-14(4-2)13-15(18-17)16(7-5-6-8-16)19-9-11-20-12-10-19/h14-15,18H,3-13,17H2,1-2H3. The summed E-state index contributed by atoms with van der Waals surface area (Å²) < 4.78 is 5.55. The van der Waals surface area contributed by atoms with E-state index in [1.807, 2.05) is 0 Å². The van der Waals surface area contributed by atoms with E-state index in [0.717, 1.165) is 32.2 Å². The normalized spacial score (nSPS) is 25.2. The molecule has 0 amide bonds. The maximum Gasteiger partial charge on any atom is 0.0594 e. The Morgan fingerprint density at radius 3 is 2.25 bits per heavy atom. The molecule has 0 aromatic heterocycles. The summed E-state index contributed by atoms with van der Waals surface area (Å²) in [5.74, 6) is 6.78. The summed E-state index contributed by atoms with van der Waals surface area (Å²) in [6.45, 7) is 8.51. The Bertz CT molecular complexity index is 269. The molecule has 4 nitrogen and oxygen atoms in total. The minimum atomic E-state index is 0.279. The highest BCUT2D eigenvalue weighted by Crippen LogP contribution is 2.40. The number of hydrogen-bond acceptors (Lipinski definition) is 4. The van der Waals surface area contributed by atoms with Crippen LogP contribution in [-0.4, -0.2) is 42.8 Å². The molecule has 2 rings (SSSR count). The van der Waals surface area contributed by atoms with Crippen molar-refractivity contribution in [1.29, 1.82) is 0 Å². The number of rotatable bonds is 7. The van der Waals surface area contributed by atoms with E-state index in [1.165, 1.54) is 44.9 Å². The Balaban J connectivity index is 2.11. The average Bonchev–Trinajstić information content (AvgIpc) is 3.00. The molecule has 3 N–H and O–H groups in total. The Hall–Kier alpha value is -0.160. The molecule has 118 valence electrons. The summed E-state index contributed by atoms with van der Waals surface area (Å²) in [6, 6.07) is 0.424. The van der Waals surface area contributed by atoms with Gasteiger partial charge in [0, 0.05) is 24.7 Å². The van der Waals surface area contributed by atoms with Crippen molar-refractivity contribution in [2.24, 2.45) is 11.8 Å². The summed E-state index contributed by atoms with van der Waals surface area (Å²) >= 11 is 0. The van der Waals surface area contributed by atoms with Crippen molar-refractivity contribution in [2.75, 3.05) is 26.3 Å². The van der Waals surface area contributed by atoms with Gasteiger partial charge in [-0.05, 0) is 25.2 Å². The third-order valence-electron chi connectivity index (χ3n) is 5.68. The zero-order valence-electron chi connectivity index (χ0n) is 13.4. The molecule has 1 saturated carbocycles. The molecule has 4 heteroatoms. The molecule has 1 saturated heterocycles. The lowest BCUT2D eigenvalue weighted by Crippen LogP contribution is -2.64. The van der Waals surface area contributed by atoms with E-state index in [9.17, 15) is 0 Å². The van der Waals surface area contributed by atoms with Gasteiger partial charge in [0.25, 0.3) is 0 Å². The number of ether oxygens (including phenoxy) is 1. The van der Waals surface area contributed by atoms with Crippen molar-refractivity contribution < 1.29 is 4.74 Å². The highest BCUT2D eigenvalue weighted by molar-refractivity contribution is 5.04. The van der Waals surface area contributed by atoms with E-state index < -0.39 is 0 Å². The quantitative estimate of drug-likeness (QED) is 0.556. The number of hydrogen-bond donors (Lipinski definition) is 2. The highest BCUT2D eigenvalue weighted by Gasteiger charge is 2.46. The van der Waals surface area contributed by atoms with Crippen LogP contribution in [0.4, 0.5) is 0 Å². The van der Waals surface area contributed by atoms with Crippen LogP contribution in [0.5, 0.6) is 0 Å². The molecule has 1 unspecified atom stereocenters. The average molecular weight is 283 g/mol. The summed E-state index contributed by atoms with van der Waals surface area (Å²) in [5.41, 5.74) is 3.48. The summed E-state index contributed by atoms with van der Waals surface area (Å²) in [6.07, 6.45) is 9.00.